The molecule has 1 rings (SSSR count). The summed E-state index contributed by atoms with van der Waals surface area (Å²) < 4.78 is 51.4. The molecule has 0 atom stereocenters. The van der Waals surface area contributed by atoms with E-state index in [4.69, 9.17) is 9.05 Å². The molecule has 1 aromatic rings. The van der Waals surface area contributed by atoms with Gasteiger partial charge in [0.05, 0.1) is 13.2 Å². The summed E-state index contributed by atoms with van der Waals surface area (Å²) in [5.74, 6) is 0. The second kappa shape index (κ2) is 8.72. The van der Waals surface area contributed by atoms with E-state index in [9.17, 15) is 18.1 Å². The van der Waals surface area contributed by atoms with Crippen molar-refractivity contribution in [1.82, 2.24) is 0 Å². The van der Waals surface area contributed by atoms with E-state index < -0.39 is 18.8 Å². The van der Waals surface area contributed by atoms with Crippen LogP contribution >= 0.6 is 36.2 Å². The Hall–Kier alpha value is -0.270. The van der Waals surface area contributed by atoms with Crippen molar-refractivity contribution >= 4 is 41.3 Å². The summed E-state index contributed by atoms with van der Waals surface area (Å²) in [6, 6.07) is 4.07. The first-order chi connectivity index (χ1) is 10.7. The van der Waals surface area contributed by atoms with Gasteiger partial charge in [-0.3, -0.25) is 9.36 Å². The Bertz CT molecular complexity index is 602. The van der Waals surface area contributed by atoms with Crippen LogP contribution in [0.15, 0.2) is 22.7 Å². The Balaban J connectivity index is 3.16. The van der Waals surface area contributed by atoms with E-state index in [0.29, 0.717) is 12.0 Å². The molecule has 1 aromatic carbocycles. The molecular weight excluding hydrogens is 413 g/mol. The summed E-state index contributed by atoms with van der Waals surface area (Å²) in [7, 11) is -4.65. The summed E-state index contributed by atoms with van der Waals surface area (Å²) in [6.45, 7) is 2.61. The van der Waals surface area contributed by atoms with Gasteiger partial charge in [0.25, 0.3) is 0 Å². The van der Waals surface area contributed by atoms with Crippen molar-refractivity contribution in [2.24, 2.45) is 0 Å². The standard InChI is InChI=1S/C14H18BrF2O4PS/c1-3-20-22(19,21-4-2)14(16,17)11-7-5-10(9-12(11)15)6-8-13(18)23/h5,7,9H,3-4,6,8H2,1-2H3,(H,18,23). The van der Waals surface area contributed by atoms with Crippen molar-refractivity contribution < 1.29 is 27.2 Å². The Morgan fingerprint density at radius 3 is 2.30 bits per heavy atom. The minimum Gasteiger partial charge on any atom is -0.304 e. The molecule has 4 nitrogen and oxygen atoms in total. The molecule has 9 heteroatoms. The molecule has 130 valence electrons. The molecule has 0 saturated heterocycles. The van der Waals surface area contributed by atoms with Gasteiger partial charge in [-0.25, -0.2) is 0 Å². The van der Waals surface area contributed by atoms with Crippen LogP contribution < -0.4 is 0 Å². The molecule has 0 heterocycles. The molecule has 0 fully saturated rings. The van der Waals surface area contributed by atoms with Gasteiger partial charge in [0.1, 0.15) is 0 Å². The monoisotopic (exact) mass is 430 g/mol. The Morgan fingerprint density at radius 1 is 1.30 bits per heavy atom. The SMILES string of the molecule is CCOP(=O)(OCC)C(F)(F)c1ccc(CCC(=O)S)cc1Br. The maximum Gasteiger partial charge on any atom is 0.404 e. The molecule has 0 saturated carbocycles. The third-order valence-electron chi connectivity index (χ3n) is 2.93. The highest BCUT2D eigenvalue weighted by Gasteiger charge is 2.55. The average Bonchev–Trinajstić information content (AvgIpc) is 2.45. The van der Waals surface area contributed by atoms with Crippen LogP contribution in [0.3, 0.4) is 0 Å². The molecule has 23 heavy (non-hydrogen) atoms. The number of alkyl halides is 2. The zero-order valence-corrected chi connectivity index (χ0v) is 16.1. The number of halogens is 3. The molecule has 0 aliphatic carbocycles. The van der Waals surface area contributed by atoms with Crippen molar-refractivity contribution in [1.29, 1.82) is 0 Å². The summed E-state index contributed by atoms with van der Waals surface area (Å²) in [4.78, 5) is 10.9. The molecule has 0 bridgehead atoms. The van der Waals surface area contributed by atoms with E-state index >= 15 is 0 Å². The Kier molecular flexibility index (Phi) is 7.87. The van der Waals surface area contributed by atoms with Gasteiger partial charge in [0, 0.05) is 16.5 Å². The van der Waals surface area contributed by atoms with E-state index in [-0.39, 0.29) is 29.2 Å². The summed E-state index contributed by atoms with van der Waals surface area (Å²) >= 11 is 6.73. The molecular formula is C14H18BrF2O4PS. The summed E-state index contributed by atoms with van der Waals surface area (Å²) in [6.07, 6.45) is 0.572. The second-order valence-electron chi connectivity index (χ2n) is 4.58. The first kappa shape index (κ1) is 20.8. The fourth-order valence-corrected chi connectivity index (χ4v) is 4.41. The van der Waals surface area contributed by atoms with Gasteiger partial charge in [-0.15, -0.1) is 12.6 Å². The minimum absolute atomic E-state index is 0.0752. The highest BCUT2D eigenvalue weighted by atomic mass is 79.9. The van der Waals surface area contributed by atoms with Crippen LogP contribution in [0.1, 0.15) is 31.4 Å². The zero-order chi connectivity index (χ0) is 17.7. The predicted molar refractivity (Wildman–Crippen MR) is 91.2 cm³/mol. The molecule has 0 unspecified atom stereocenters. The van der Waals surface area contributed by atoms with Crippen molar-refractivity contribution in [3.8, 4) is 0 Å². The van der Waals surface area contributed by atoms with Crippen LogP contribution in [0.2, 0.25) is 0 Å². The number of carbonyl (C=O) groups excluding carboxylic acids is 1. The minimum atomic E-state index is -4.65. The zero-order valence-electron chi connectivity index (χ0n) is 12.7. The fraction of sp³-hybridized carbons (Fsp3) is 0.500. The van der Waals surface area contributed by atoms with Crippen molar-refractivity contribution in [3.05, 3.63) is 33.8 Å². The molecule has 0 aromatic heterocycles. The lowest BCUT2D eigenvalue weighted by Gasteiger charge is -2.26. The molecule has 0 amide bonds. The Morgan fingerprint density at radius 2 is 1.87 bits per heavy atom. The number of aryl methyl sites for hydroxylation is 1. The lowest BCUT2D eigenvalue weighted by molar-refractivity contribution is -0.110. The lowest BCUT2D eigenvalue weighted by atomic mass is 10.1. The van der Waals surface area contributed by atoms with E-state index in [2.05, 4.69) is 28.6 Å². The maximum absolute atomic E-state index is 14.7. The fourth-order valence-electron chi connectivity index (χ4n) is 1.90. The lowest BCUT2D eigenvalue weighted by Crippen LogP contribution is -2.19. The first-order valence-electron chi connectivity index (χ1n) is 6.95. The van der Waals surface area contributed by atoms with E-state index in [1.807, 2.05) is 0 Å². The van der Waals surface area contributed by atoms with Gasteiger partial charge in [-0.2, -0.15) is 8.78 Å². The molecule has 0 N–H and O–H groups in total. The quantitative estimate of drug-likeness (QED) is 0.434. The van der Waals surface area contributed by atoms with Crippen LogP contribution in [-0.4, -0.2) is 18.3 Å². The third kappa shape index (κ3) is 5.10. The number of carbonyl (C=O) groups is 1. The van der Waals surface area contributed by atoms with Gasteiger partial charge in [-0.05, 0) is 31.9 Å². The maximum atomic E-state index is 14.7. The predicted octanol–water partition coefficient (Wildman–Crippen LogP) is 5.15. The highest BCUT2D eigenvalue weighted by Crippen LogP contribution is 2.67. The van der Waals surface area contributed by atoms with E-state index in [1.165, 1.54) is 26.0 Å². The van der Waals surface area contributed by atoms with Gasteiger partial charge < -0.3 is 9.05 Å². The van der Waals surface area contributed by atoms with Crippen LogP contribution in [0.25, 0.3) is 0 Å². The largest absolute Gasteiger partial charge is 0.404 e. The van der Waals surface area contributed by atoms with Crippen molar-refractivity contribution in [2.45, 2.75) is 32.4 Å². The number of hydrogen-bond acceptors (Lipinski definition) is 4. The molecule has 0 spiro atoms. The van der Waals surface area contributed by atoms with Gasteiger partial charge in [0.2, 0.25) is 0 Å². The van der Waals surface area contributed by atoms with Gasteiger partial charge >= 0.3 is 13.3 Å². The van der Waals surface area contributed by atoms with Crippen LogP contribution in [0.4, 0.5) is 8.78 Å². The van der Waals surface area contributed by atoms with Crippen LogP contribution in [0.5, 0.6) is 0 Å². The molecule has 0 aliphatic heterocycles. The second-order valence-corrected chi connectivity index (χ2v) is 8.01. The number of rotatable bonds is 9. The third-order valence-corrected chi connectivity index (χ3v) is 5.93. The number of benzene rings is 1. The topological polar surface area (TPSA) is 52.6 Å². The van der Waals surface area contributed by atoms with E-state index in [1.54, 1.807) is 0 Å². The number of hydrogen-bond donors (Lipinski definition) is 1. The van der Waals surface area contributed by atoms with E-state index in [0.717, 1.165) is 6.07 Å². The van der Waals surface area contributed by atoms with Crippen LogP contribution in [-0.2, 0) is 30.5 Å². The number of thiol groups is 1. The first-order valence-corrected chi connectivity index (χ1v) is 9.74. The van der Waals surface area contributed by atoms with Crippen molar-refractivity contribution in [2.75, 3.05) is 13.2 Å². The smallest absolute Gasteiger partial charge is 0.304 e. The Labute approximate surface area is 148 Å². The molecule has 0 radical (unpaired) electrons. The average molecular weight is 431 g/mol. The van der Waals surface area contributed by atoms with Crippen LogP contribution in [0, 0.1) is 0 Å². The van der Waals surface area contributed by atoms with Crippen molar-refractivity contribution in [3.63, 3.8) is 0 Å². The summed E-state index contributed by atoms with van der Waals surface area (Å²) in [5, 5.41) is -0.285. The van der Waals surface area contributed by atoms with Gasteiger partial charge in [0.15, 0.2) is 5.12 Å². The molecule has 0 aliphatic rings. The van der Waals surface area contributed by atoms with Gasteiger partial charge in [-0.1, -0.05) is 28.1 Å². The normalized spacial score (nSPS) is 12.4. The summed E-state index contributed by atoms with van der Waals surface area (Å²) in [5.41, 5.74) is -3.60. The highest BCUT2D eigenvalue weighted by molar-refractivity contribution is 9.10.